The van der Waals surface area contributed by atoms with E-state index < -0.39 is 108 Å². The van der Waals surface area contributed by atoms with Crippen molar-refractivity contribution in [1.82, 2.24) is 4.72 Å². The van der Waals surface area contributed by atoms with Crippen molar-refractivity contribution in [2.75, 3.05) is 19.8 Å². The normalized spacial score (nSPS) is 28.1. The summed E-state index contributed by atoms with van der Waals surface area (Å²) in [7, 11) is -4.24. The summed E-state index contributed by atoms with van der Waals surface area (Å²) in [5, 5.41) is 0. The molecular weight excluding hydrogens is 686 g/mol. The Morgan fingerprint density at radius 3 is 1.82 bits per heavy atom. The summed E-state index contributed by atoms with van der Waals surface area (Å²) < 4.78 is 80.9. The molecule has 0 radical (unpaired) electrons. The molecule has 278 valence electrons. The minimum absolute atomic E-state index is 0.0214. The maximum Gasteiger partial charge on any atom is 0.303 e. The second-order valence-electron chi connectivity index (χ2n) is 11.5. The summed E-state index contributed by atoms with van der Waals surface area (Å²) in [6, 6.07) is 4.87. The van der Waals surface area contributed by atoms with Gasteiger partial charge in [-0.25, -0.2) is 13.1 Å². The van der Waals surface area contributed by atoms with Gasteiger partial charge in [0.25, 0.3) is 0 Å². The molecule has 18 heteroatoms. The maximum absolute atomic E-state index is 13.7. The molecule has 2 aliphatic heterocycles. The van der Waals surface area contributed by atoms with E-state index in [4.69, 9.17) is 42.6 Å². The molecule has 17 nitrogen and oxygen atoms in total. The molecule has 0 unspecified atom stereocenters. The van der Waals surface area contributed by atoms with Gasteiger partial charge in [-0.2, -0.15) is 0 Å². The SMILES string of the molecule is C=CCO[C@@H]1C[C@H](NS(=O)(=O)c2ccc(C)cc2)[C@H](O[C@H]2O[C@H](COC(C)=O)[C@@H](OC(C)=O)[C@H](OC(C)=O)[C@H]2OC(C)=O)[C@@H](COC(C)=O)O1. The van der Waals surface area contributed by atoms with Crippen LogP contribution in [0.3, 0.4) is 0 Å². The number of aryl methyl sites for hydroxylation is 1. The van der Waals surface area contributed by atoms with E-state index in [0.717, 1.165) is 40.2 Å². The molecule has 3 rings (SSSR count). The van der Waals surface area contributed by atoms with E-state index in [-0.39, 0.29) is 17.9 Å². The molecule has 1 aromatic carbocycles. The highest BCUT2D eigenvalue weighted by molar-refractivity contribution is 7.89. The Kier molecular flexibility index (Phi) is 14.9. The topological polar surface area (TPSA) is 215 Å². The number of hydrogen-bond acceptors (Lipinski definition) is 16. The van der Waals surface area contributed by atoms with E-state index in [2.05, 4.69) is 11.3 Å². The van der Waals surface area contributed by atoms with Crippen molar-refractivity contribution < 1.29 is 75.0 Å². The third-order valence-corrected chi connectivity index (χ3v) is 8.77. The quantitative estimate of drug-likeness (QED) is 0.151. The van der Waals surface area contributed by atoms with E-state index in [0.29, 0.717) is 0 Å². The van der Waals surface area contributed by atoms with E-state index in [1.807, 2.05) is 0 Å². The summed E-state index contributed by atoms with van der Waals surface area (Å²) in [5.41, 5.74) is 0.819. The van der Waals surface area contributed by atoms with Gasteiger partial charge in [-0.05, 0) is 19.1 Å². The number of carbonyl (C=O) groups excluding carboxylic acids is 5. The molecule has 1 N–H and O–H groups in total. The van der Waals surface area contributed by atoms with Crippen molar-refractivity contribution >= 4 is 39.9 Å². The predicted molar refractivity (Wildman–Crippen MR) is 168 cm³/mol. The lowest BCUT2D eigenvalue weighted by Gasteiger charge is -2.47. The van der Waals surface area contributed by atoms with Gasteiger partial charge in [-0.3, -0.25) is 24.0 Å². The summed E-state index contributed by atoms with van der Waals surface area (Å²) in [6.45, 7) is 9.91. The number of ether oxygens (including phenoxy) is 9. The van der Waals surface area contributed by atoms with Crippen molar-refractivity contribution in [3.8, 4) is 0 Å². The smallest absolute Gasteiger partial charge is 0.303 e. The molecule has 0 amide bonds. The second-order valence-corrected chi connectivity index (χ2v) is 13.2. The Bertz CT molecular complexity index is 1480. The van der Waals surface area contributed by atoms with Gasteiger partial charge < -0.3 is 42.6 Å². The Morgan fingerprint density at radius 1 is 0.780 bits per heavy atom. The van der Waals surface area contributed by atoms with Gasteiger partial charge >= 0.3 is 29.8 Å². The van der Waals surface area contributed by atoms with Crippen LogP contribution in [0.4, 0.5) is 0 Å². The monoisotopic (exact) mass is 729 g/mol. The average molecular weight is 730 g/mol. The molecule has 2 aliphatic rings. The molecule has 0 spiro atoms. The van der Waals surface area contributed by atoms with Gasteiger partial charge in [0.05, 0.1) is 17.5 Å². The van der Waals surface area contributed by atoms with Crippen molar-refractivity contribution in [3.63, 3.8) is 0 Å². The Hall–Kier alpha value is -3.94. The lowest BCUT2D eigenvalue weighted by Crippen LogP contribution is -2.66. The van der Waals surface area contributed by atoms with Crippen LogP contribution in [0.1, 0.15) is 46.6 Å². The Morgan fingerprint density at radius 2 is 1.30 bits per heavy atom. The summed E-state index contributed by atoms with van der Waals surface area (Å²) >= 11 is 0. The van der Waals surface area contributed by atoms with Gasteiger partial charge in [-0.1, -0.05) is 23.8 Å². The van der Waals surface area contributed by atoms with Crippen LogP contribution in [0.5, 0.6) is 0 Å². The lowest BCUT2D eigenvalue weighted by molar-refractivity contribution is -0.337. The Labute approximate surface area is 289 Å². The summed E-state index contributed by atoms with van der Waals surface area (Å²) in [4.78, 5) is 60.4. The molecule has 2 heterocycles. The molecule has 0 bridgehead atoms. The van der Waals surface area contributed by atoms with Crippen molar-refractivity contribution in [2.24, 2.45) is 0 Å². The minimum atomic E-state index is -4.24. The zero-order valence-corrected chi connectivity index (χ0v) is 29.4. The van der Waals surface area contributed by atoms with Crippen LogP contribution in [0.15, 0.2) is 41.8 Å². The fourth-order valence-corrected chi connectivity index (χ4v) is 6.54. The van der Waals surface area contributed by atoms with E-state index in [1.165, 1.54) is 18.2 Å². The van der Waals surface area contributed by atoms with Crippen molar-refractivity contribution in [3.05, 3.63) is 42.5 Å². The lowest BCUT2D eigenvalue weighted by atomic mass is 9.96. The molecular formula is C32H43NO16S. The first-order valence-electron chi connectivity index (χ1n) is 15.6. The predicted octanol–water partition coefficient (Wildman–Crippen LogP) is 0.991. The third-order valence-electron chi connectivity index (χ3n) is 7.26. The number of nitrogens with one attached hydrogen (secondary N) is 1. The maximum atomic E-state index is 13.7. The fourth-order valence-electron chi connectivity index (χ4n) is 5.28. The first-order chi connectivity index (χ1) is 23.5. The van der Waals surface area contributed by atoms with Gasteiger partial charge in [0, 0.05) is 41.0 Å². The minimum Gasteiger partial charge on any atom is -0.463 e. The molecule has 0 saturated carbocycles. The van der Waals surface area contributed by atoms with Crippen molar-refractivity contribution in [2.45, 2.75) is 108 Å². The number of rotatable bonds is 15. The van der Waals surface area contributed by atoms with Crippen LogP contribution < -0.4 is 4.72 Å². The third kappa shape index (κ3) is 11.8. The molecule has 1 aromatic rings. The first-order valence-corrected chi connectivity index (χ1v) is 17.0. The zero-order valence-electron chi connectivity index (χ0n) is 28.6. The van der Waals surface area contributed by atoms with Crippen LogP contribution in [-0.4, -0.2) is 113 Å². The van der Waals surface area contributed by atoms with E-state index in [9.17, 15) is 32.4 Å². The molecule has 0 aliphatic carbocycles. The highest BCUT2D eigenvalue weighted by Crippen LogP contribution is 2.34. The number of sulfonamides is 1. The average Bonchev–Trinajstić information content (AvgIpc) is 3.01. The van der Waals surface area contributed by atoms with Gasteiger partial charge in [0.2, 0.25) is 10.0 Å². The van der Waals surface area contributed by atoms with Crippen molar-refractivity contribution in [1.29, 1.82) is 0 Å². The van der Waals surface area contributed by atoms with E-state index >= 15 is 0 Å². The van der Waals surface area contributed by atoms with Gasteiger partial charge in [0.15, 0.2) is 30.9 Å². The highest BCUT2D eigenvalue weighted by atomic mass is 32.2. The summed E-state index contributed by atoms with van der Waals surface area (Å²) in [5.74, 6) is -3.99. The number of esters is 5. The number of carbonyl (C=O) groups is 5. The largest absolute Gasteiger partial charge is 0.463 e. The zero-order chi connectivity index (χ0) is 37.2. The molecule has 2 saturated heterocycles. The molecule has 50 heavy (non-hydrogen) atoms. The van der Waals surface area contributed by atoms with Gasteiger partial charge in [0.1, 0.15) is 31.5 Å². The number of benzene rings is 1. The van der Waals surface area contributed by atoms with Gasteiger partial charge in [-0.15, -0.1) is 6.58 Å². The van der Waals surface area contributed by atoms with Crippen LogP contribution in [0.25, 0.3) is 0 Å². The highest BCUT2D eigenvalue weighted by Gasteiger charge is 2.55. The fraction of sp³-hybridized carbons (Fsp3) is 0.594. The van der Waals surface area contributed by atoms with E-state index in [1.54, 1.807) is 19.1 Å². The van der Waals surface area contributed by atoms with Crippen LogP contribution in [0.2, 0.25) is 0 Å². The second kappa shape index (κ2) is 18.3. The molecule has 0 aromatic heterocycles. The van der Waals surface area contributed by atoms with Crippen LogP contribution in [0, 0.1) is 6.92 Å². The first kappa shape index (κ1) is 40.5. The molecule has 2 fully saturated rings. The molecule has 9 atom stereocenters. The number of hydrogen-bond donors (Lipinski definition) is 1. The summed E-state index contributed by atoms with van der Waals surface area (Å²) in [6.07, 6.45) is -10.1. The Balaban J connectivity index is 2.13. The standard InChI is InChI=1S/C32H43NO16S/c1-8-13-41-27-14-24(33-50(39,40)23-11-9-17(2)10-12-23)28(25(47-27)15-42-18(3)34)49-32-31(46-22(7)38)30(45-21(6)37)29(44-20(5)36)26(48-32)16-43-19(4)35/h8-12,24-33H,1,13-16H2,2-7H3/t24-,25+,26+,27-,28-,29+,30-,31+,32+/m0/s1. The van der Waals surface area contributed by atoms with Crippen LogP contribution >= 0.6 is 0 Å². The van der Waals surface area contributed by atoms with Crippen LogP contribution in [-0.2, 0) is 76.6 Å².